The number of anilines is 1. The molecule has 3 amide bonds. The molecule has 0 saturated heterocycles. The number of carbonyl (C=O) groups excluding carboxylic acids is 3. The van der Waals surface area contributed by atoms with Crippen LogP contribution in [0.25, 0.3) is 0 Å². The van der Waals surface area contributed by atoms with E-state index in [0.29, 0.717) is 22.6 Å². The Morgan fingerprint density at radius 2 is 1.77 bits per heavy atom. The van der Waals surface area contributed by atoms with Gasteiger partial charge in [0.15, 0.2) is 5.82 Å². The van der Waals surface area contributed by atoms with Crippen LogP contribution in [0.3, 0.4) is 0 Å². The molecule has 0 unspecified atom stereocenters. The molecule has 1 atom stereocenters. The highest BCUT2D eigenvalue weighted by Crippen LogP contribution is 2.45. The number of carbonyl (C=O) groups is 3. The Morgan fingerprint density at radius 3 is 2.55 bits per heavy atom. The topological polar surface area (TPSA) is 100 Å². The van der Waals surface area contributed by atoms with Crippen molar-refractivity contribution in [2.45, 2.75) is 19.1 Å². The van der Waals surface area contributed by atoms with Gasteiger partial charge in [0, 0.05) is 31.1 Å². The molecule has 1 aromatic heterocycles. The lowest BCUT2D eigenvalue weighted by molar-refractivity contribution is -0.121. The molecule has 9 nitrogen and oxygen atoms in total. The Morgan fingerprint density at radius 1 is 1.03 bits per heavy atom. The van der Waals surface area contributed by atoms with E-state index in [1.807, 2.05) is 24.3 Å². The number of para-hydroxylation sites is 1. The second-order valence-corrected chi connectivity index (χ2v) is 7.51. The van der Waals surface area contributed by atoms with Gasteiger partial charge in [-0.3, -0.25) is 24.0 Å². The van der Waals surface area contributed by atoms with Crippen LogP contribution in [0.2, 0.25) is 0 Å². The molecule has 3 heterocycles. The third kappa shape index (κ3) is 3.14. The number of nitrogens with one attached hydrogen (secondary N) is 1. The van der Waals surface area contributed by atoms with Crippen LogP contribution < -0.4 is 10.2 Å². The van der Waals surface area contributed by atoms with Crippen molar-refractivity contribution in [3.05, 3.63) is 77.4 Å². The zero-order valence-corrected chi connectivity index (χ0v) is 16.9. The van der Waals surface area contributed by atoms with Gasteiger partial charge in [0.05, 0.1) is 17.8 Å². The second kappa shape index (κ2) is 7.35. The molecular weight excluding hydrogens is 396 g/mol. The lowest BCUT2D eigenvalue weighted by Crippen LogP contribution is -2.49. The van der Waals surface area contributed by atoms with Gasteiger partial charge in [-0.2, -0.15) is 5.10 Å². The van der Waals surface area contributed by atoms with Crippen LogP contribution in [-0.2, 0) is 18.4 Å². The molecule has 0 saturated carbocycles. The van der Waals surface area contributed by atoms with Crippen molar-refractivity contribution in [2.24, 2.45) is 7.05 Å². The number of fused-ring (bicyclic) bond motifs is 5. The molecule has 156 valence electrons. The van der Waals surface area contributed by atoms with Crippen LogP contribution in [0.1, 0.15) is 44.7 Å². The molecular formula is C22H20N6O3. The Labute approximate surface area is 178 Å². The van der Waals surface area contributed by atoms with Crippen LogP contribution in [0.4, 0.5) is 5.69 Å². The maximum Gasteiger partial charge on any atom is 0.260 e. The van der Waals surface area contributed by atoms with Gasteiger partial charge >= 0.3 is 0 Å². The van der Waals surface area contributed by atoms with Crippen LogP contribution in [0.5, 0.6) is 0 Å². The summed E-state index contributed by atoms with van der Waals surface area (Å²) in [5.41, 5.74) is 2.40. The molecule has 31 heavy (non-hydrogen) atoms. The van der Waals surface area contributed by atoms with Gasteiger partial charge < -0.3 is 10.2 Å². The molecule has 9 heteroatoms. The number of hydrogen-bond acceptors (Lipinski definition) is 5. The van der Waals surface area contributed by atoms with E-state index in [-0.39, 0.29) is 37.2 Å². The predicted octanol–water partition coefficient (Wildman–Crippen LogP) is 1.64. The average Bonchev–Trinajstić information content (AvgIpc) is 3.33. The lowest BCUT2D eigenvalue weighted by atomic mass is 10.0. The van der Waals surface area contributed by atoms with Crippen molar-refractivity contribution < 1.29 is 14.4 Å². The van der Waals surface area contributed by atoms with E-state index in [0.717, 1.165) is 5.56 Å². The molecule has 1 N–H and O–H groups in total. The first-order valence-corrected chi connectivity index (χ1v) is 9.98. The summed E-state index contributed by atoms with van der Waals surface area (Å²) in [6.45, 7) is 0.394. The SMILES string of the molecule is Cn1cnc(CNC(=O)CCN2C(=O)c3ccccc3N3C(=O)c4ccccc4[C@@H]23)n1. The maximum absolute atomic E-state index is 13.3. The van der Waals surface area contributed by atoms with Crippen molar-refractivity contribution in [3.63, 3.8) is 0 Å². The van der Waals surface area contributed by atoms with Crippen molar-refractivity contribution in [3.8, 4) is 0 Å². The molecule has 2 aliphatic rings. The van der Waals surface area contributed by atoms with Gasteiger partial charge in [-0.1, -0.05) is 30.3 Å². The van der Waals surface area contributed by atoms with Gasteiger partial charge in [-0.05, 0) is 18.2 Å². The second-order valence-electron chi connectivity index (χ2n) is 7.51. The minimum absolute atomic E-state index is 0.0986. The summed E-state index contributed by atoms with van der Waals surface area (Å²) < 4.78 is 1.56. The summed E-state index contributed by atoms with van der Waals surface area (Å²) in [6.07, 6.45) is 1.10. The Bertz CT molecular complexity index is 1200. The van der Waals surface area contributed by atoms with Crippen molar-refractivity contribution in [1.82, 2.24) is 25.0 Å². The number of nitrogens with zero attached hydrogens (tertiary/aromatic N) is 5. The Balaban J connectivity index is 1.39. The van der Waals surface area contributed by atoms with Gasteiger partial charge in [0.25, 0.3) is 11.8 Å². The summed E-state index contributed by atoms with van der Waals surface area (Å²) in [4.78, 5) is 46.2. The molecule has 2 aromatic carbocycles. The first kappa shape index (κ1) is 19.0. The molecule has 0 radical (unpaired) electrons. The normalized spacial score (nSPS) is 16.7. The number of aromatic nitrogens is 3. The molecule has 0 fully saturated rings. The summed E-state index contributed by atoms with van der Waals surface area (Å²) in [7, 11) is 1.75. The zero-order chi connectivity index (χ0) is 21.5. The highest BCUT2D eigenvalue weighted by molar-refractivity contribution is 6.16. The summed E-state index contributed by atoms with van der Waals surface area (Å²) in [6, 6.07) is 14.4. The lowest BCUT2D eigenvalue weighted by Gasteiger charge is -2.40. The van der Waals surface area contributed by atoms with E-state index in [1.165, 1.54) is 0 Å². The summed E-state index contributed by atoms with van der Waals surface area (Å²) >= 11 is 0. The van der Waals surface area contributed by atoms with E-state index < -0.39 is 6.17 Å². The standard InChI is InChI=1S/C22H20N6O3/c1-26-13-24-18(25-26)12-23-19(29)10-11-27-20-14-6-2-3-7-15(14)22(31)28(20)17-9-5-4-8-16(17)21(27)30/h2-9,13,20H,10-12H2,1H3,(H,23,29)/t20-/m0/s1. The van der Waals surface area contributed by atoms with Crippen molar-refractivity contribution in [2.75, 3.05) is 11.4 Å². The summed E-state index contributed by atoms with van der Waals surface area (Å²) in [5, 5.41) is 6.91. The highest BCUT2D eigenvalue weighted by atomic mass is 16.2. The number of benzene rings is 2. The van der Waals surface area contributed by atoms with E-state index in [2.05, 4.69) is 15.4 Å². The highest BCUT2D eigenvalue weighted by Gasteiger charge is 2.47. The molecule has 3 aromatic rings. The number of aryl methyl sites for hydroxylation is 1. The van der Waals surface area contributed by atoms with Gasteiger partial charge in [0.2, 0.25) is 5.91 Å². The zero-order valence-electron chi connectivity index (χ0n) is 16.9. The number of hydrogen-bond donors (Lipinski definition) is 1. The summed E-state index contributed by atoms with van der Waals surface area (Å²) in [5.74, 6) is -0.0413. The Hall–Kier alpha value is -4.01. The first-order valence-electron chi connectivity index (χ1n) is 9.98. The third-order valence-corrected chi connectivity index (χ3v) is 5.55. The van der Waals surface area contributed by atoms with E-state index in [1.54, 1.807) is 52.1 Å². The van der Waals surface area contributed by atoms with Gasteiger partial charge in [-0.25, -0.2) is 4.98 Å². The van der Waals surface area contributed by atoms with Crippen LogP contribution in [-0.4, -0.2) is 43.9 Å². The minimum Gasteiger partial charge on any atom is -0.349 e. The van der Waals surface area contributed by atoms with Crippen LogP contribution in [0.15, 0.2) is 54.9 Å². The number of amides is 3. The largest absolute Gasteiger partial charge is 0.349 e. The quantitative estimate of drug-likeness (QED) is 0.682. The van der Waals surface area contributed by atoms with Crippen molar-refractivity contribution in [1.29, 1.82) is 0 Å². The van der Waals surface area contributed by atoms with Crippen LogP contribution in [0, 0.1) is 0 Å². The molecule has 0 aliphatic carbocycles. The smallest absolute Gasteiger partial charge is 0.260 e. The first-order chi connectivity index (χ1) is 15.0. The van der Waals surface area contributed by atoms with Crippen molar-refractivity contribution >= 4 is 23.4 Å². The monoisotopic (exact) mass is 416 g/mol. The fourth-order valence-corrected chi connectivity index (χ4v) is 4.15. The average molecular weight is 416 g/mol. The minimum atomic E-state index is -0.559. The van der Waals surface area contributed by atoms with Gasteiger partial charge in [-0.15, -0.1) is 0 Å². The third-order valence-electron chi connectivity index (χ3n) is 5.55. The van der Waals surface area contributed by atoms with E-state index >= 15 is 0 Å². The molecule has 2 aliphatic heterocycles. The van der Waals surface area contributed by atoms with Gasteiger partial charge in [0.1, 0.15) is 12.5 Å². The number of rotatable bonds is 5. The maximum atomic E-state index is 13.3. The predicted molar refractivity (Wildman–Crippen MR) is 111 cm³/mol. The Kier molecular flexibility index (Phi) is 4.50. The van der Waals surface area contributed by atoms with Crippen LogP contribution >= 0.6 is 0 Å². The molecule has 5 rings (SSSR count). The molecule has 0 bridgehead atoms. The van der Waals surface area contributed by atoms with E-state index in [9.17, 15) is 14.4 Å². The van der Waals surface area contributed by atoms with E-state index in [4.69, 9.17) is 0 Å². The fraction of sp³-hybridized carbons (Fsp3) is 0.227. The molecule has 0 spiro atoms. The fourth-order valence-electron chi connectivity index (χ4n) is 4.15.